The fourth-order valence-corrected chi connectivity index (χ4v) is 4.69. The minimum Gasteiger partial charge on any atom is -0.469 e. The van der Waals surface area contributed by atoms with E-state index in [9.17, 15) is 0 Å². The highest BCUT2D eigenvalue weighted by molar-refractivity contribution is 5.51. The molecule has 0 radical (unpaired) electrons. The maximum absolute atomic E-state index is 6.42. The normalized spacial score (nSPS) is 36.5. The summed E-state index contributed by atoms with van der Waals surface area (Å²) in [4.78, 5) is 9.58. The van der Waals surface area contributed by atoms with Crippen molar-refractivity contribution in [2.75, 3.05) is 50.8 Å². The number of hydrogen-bond donors (Lipinski definition) is 0. The molecule has 0 amide bonds. The second kappa shape index (κ2) is 4.83. The summed E-state index contributed by atoms with van der Waals surface area (Å²) < 4.78 is 11.9. The third kappa shape index (κ3) is 1.95. The van der Waals surface area contributed by atoms with Crippen LogP contribution < -0.4 is 9.64 Å². The topological polar surface area (TPSA) is 37.8 Å². The summed E-state index contributed by atoms with van der Waals surface area (Å²) >= 11 is 0. The predicted molar refractivity (Wildman–Crippen MR) is 83.5 cm³/mol. The average Bonchev–Trinajstić information content (AvgIpc) is 2.93. The zero-order valence-electron chi connectivity index (χ0n) is 13.0. The van der Waals surface area contributed by atoms with Crippen LogP contribution in [0, 0.1) is 5.92 Å². The van der Waals surface area contributed by atoms with E-state index in [4.69, 9.17) is 9.47 Å². The minimum absolute atomic E-state index is 0.00939. The Morgan fingerprint density at radius 2 is 1.95 bits per heavy atom. The van der Waals surface area contributed by atoms with Crippen LogP contribution in [0.3, 0.4) is 0 Å². The molecule has 0 saturated carbocycles. The van der Waals surface area contributed by atoms with Crippen molar-refractivity contribution in [1.82, 2.24) is 9.88 Å². The number of morpholine rings is 1. The lowest BCUT2D eigenvalue weighted by molar-refractivity contribution is -0.0814. The molecule has 4 saturated heterocycles. The molecule has 4 fully saturated rings. The Morgan fingerprint density at radius 1 is 1.14 bits per heavy atom. The summed E-state index contributed by atoms with van der Waals surface area (Å²) in [7, 11) is 0. The first-order valence-electron chi connectivity index (χ1n) is 8.55. The van der Waals surface area contributed by atoms with Gasteiger partial charge in [0.2, 0.25) is 5.88 Å². The van der Waals surface area contributed by atoms with Crippen LogP contribution in [-0.4, -0.2) is 61.4 Å². The molecule has 5 aliphatic heterocycles. The summed E-state index contributed by atoms with van der Waals surface area (Å²) in [5.41, 5.74) is 2.54. The van der Waals surface area contributed by atoms with Gasteiger partial charge in [0.15, 0.2) is 0 Å². The van der Waals surface area contributed by atoms with Gasteiger partial charge >= 0.3 is 0 Å². The van der Waals surface area contributed by atoms with Crippen molar-refractivity contribution >= 4 is 5.69 Å². The highest BCUT2D eigenvalue weighted by Gasteiger charge is 2.52. The van der Waals surface area contributed by atoms with Crippen molar-refractivity contribution in [1.29, 1.82) is 0 Å². The van der Waals surface area contributed by atoms with Crippen LogP contribution in [0.4, 0.5) is 5.69 Å². The van der Waals surface area contributed by atoms with Crippen molar-refractivity contribution in [2.45, 2.75) is 24.9 Å². The predicted octanol–water partition coefficient (Wildman–Crippen LogP) is 1.32. The van der Waals surface area contributed by atoms with Crippen LogP contribution in [0.15, 0.2) is 12.3 Å². The van der Waals surface area contributed by atoms with E-state index in [1.54, 1.807) is 0 Å². The summed E-state index contributed by atoms with van der Waals surface area (Å²) in [6.45, 7) is 7.13. The Balaban J connectivity index is 1.42. The number of rotatable bonds is 1. The summed E-state index contributed by atoms with van der Waals surface area (Å²) in [6.07, 6.45) is 5.58. The van der Waals surface area contributed by atoms with Gasteiger partial charge in [0.1, 0.15) is 5.60 Å². The second-order valence-electron chi connectivity index (χ2n) is 7.15. The van der Waals surface area contributed by atoms with Gasteiger partial charge in [0, 0.05) is 37.5 Å². The van der Waals surface area contributed by atoms with Gasteiger partial charge in [0.05, 0.1) is 25.1 Å². The van der Waals surface area contributed by atoms with Crippen LogP contribution in [0.1, 0.15) is 18.4 Å². The quantitative estimate of drug-likeness (QED) is 0.782. The highest BCUT2D eigenvalue weighted by atomic mass is 16.5. The van der Waals surface area contributed by atoms with Crippen molar-refractivity contribution in [2.24, 2.45) is 5.92 Å². The summed E-state index contributed by atoms with van der Waals surface area (Å²) in [6, 6.07) is 2.31. The van der Waals surface area contributed by atoms with Gasteiger partial charge in [0.25, 0.3) is 0 Å². The number of pyridine rings is 1. The highest BCUT2D eigenvalue weighted by Crippen LogP contribution is 2.46. The smallest absolute Gasteiger partial charge is 0.217 e. The van der Waals surface area contributed by atoms with Gasteiger partial charge in [-0.2, -0.15) is 0 Å². The molecule has 0 aliphatic carbocycles. The van der Waals surface area contributed by atoms with Gasteiger partial charge in [-0.15, -0.1) is 0 Å². The average molecular weight is 301 g/mol. The van der Waals surface area contributed by atoms with Gasteiger partial charge in [-0.3, -0.25) is 4.90 Å². The van der Waals surface area contributed by atoms with Gasteiger partial charge in [-0.25, -0.2) is 4.98 Å². The van der Waals surface area contributed by atoms with E-state index < -0.39 is 0 Å². The molecule has 1 aromatic heterocycles. The lowest BCUT2D eigenvalue weighted by atomic mass is 9.73. The third-order valence-corrected chi connectivity index (χ3v) is 5.90. The first-order chi connectivity index (χ1) is 10.8. The number of fused-ring (bicyclic) bond motifs is 3. The molecular weight excluding hydrogens is 278 g/mol. The van der Waals surface area contributed by atoms with E-state index in [1.807, 2.05) is 6.20 Å². The zero-order valence-corrected chi connectivity index (χ0v) is 13.0. The molecule has 0 unspecified atom stereocenters. The number of ether oxygens (including phenoxy) is 2. The van der Waals surface area contributed by atoms with E-state index in [0.29, 0.717) is 5.92 Å². The molecule has 0 aromatic carbocycles. The van der Waals surface area contributed by atoms with Crippen LogP contribution >= 0.6 is 0 Å². The fraction of sp³-hybridized carbons (Fsp3) is 0.706. The molecule has 5 heteroatoms. The van der Waals surface area contributed by atoms with Crippen molar-refractivity contribution in [3.05, 3.63) is 17.8 Å². The van der Waals surface area contributed by atoms with Crippen LogP contribution in [0.2, 0.25) is 0 Å². The second-order valence-corrected chi connectivity index (χ2v) is 7.15. The van der Waals surface area contributed by atoms with E-state index in [0.717, 1.165) is 45.1 Å². The van der Waals surface area contributed by atoms with Crippen LogP contribution in [0.5, 0.6) is 5.88 Å². The standard InChI is InChI=1S/C17H23N3O2/c1-3-19-4-2-14(1)17(12-19)10-13-9-15(11-18-16(13)22-17)20-5-7-21-8-6-20/h9,11,14H,1-8,10,12H2/t17-/m0/s1. The number of piperidine rings is 3. The van der Waals surface area contributed by atoms with Gasteiger partial charge < -0.3 is 14.4 Å². The molecular formula is C17H23N3O2. The molecule has 22 heavy (non-hydrogen) atoms. The zero-order chi connectivity index (χ0) is 14.6. The largest absolute Gasteiger partial charge is 0.469 e. The number of aromatic nitrogens is 1. The molecule has 5 aliphatic rings. The van der Waals surface area contributed by atoms with E-state index in [2.05, 4.69) is 20.9 Å². The lowest BCUT2D eigenvalue weighted by Gasteiger charge is -2.50. The molecule has 1 spiro atoms. The van der Waals surface area contributed by atoms with Crippen LogP contribution in [-0.2, 0) is 11.2 Å². The van der Waals surface area contributed by atoms with Crippen molar-refractivity contribution < 1.29 is 9.47 Å². The fourth-order valence-electron chi connectivity index (χ4n) is 4.69. The maximum atomic E-state index is 6.42. The SMILES string of the molecule is c1nc2c(cc1N1CCOCC1)C[C@@]1(CN3CCC1CC3)O2. The van der Waals surface area contributed by atoms with E-state index >= 15 is 0 Å². The Labute approximate surface area is 131 Å². The van der Waals surface area contributed by atoms with Crippen molar-refractivity contribution in [3.8, 4) is 5.88 Å². The van der Waals surface area contributed by atoms with Crippen LogP contribution in [0.25, 0.3) is 0 Å². The first kappa shape index (κ1) is 13.1. The Morgan fingerprint density at radius 3 is 2.68 bits per heavy atom. The van der Waals surface area contributed by atoms with E-state index in [1.165, 1.54) is 37.2 Å². The minimum atomic E-state index is 0.00939. The van der Waals surface area contributed by atoms with Gasteiger partial charge in [-0.1, -0.05) is 0 Å². The lowest BCUT2D eigenvalue weighted by Crippen LogP contribution is -2.61. The van der Waals surface area contributed by atoms with E-state index in [-0.39, 0.29) is 5.60 Å². The summed E-state index contributed by atoms with van der Waals surface area (Å²) in [5, 5.41) is 0. The molecule has 1 aromatic rings. The molecule has 118 valence electrons. The maximum Gasteiger partial charge on any atom is 0.217 e. The van der Waals surface area contributed by atoms with Crippen molar-refractivity contribution in [3.63, 3.8) is 0 Å². The van der Waals surface area contributed by atoms with Gasteiger partial charge in [-0.05, 0) is 32.0 Å². The molecule has 6 heterocycles. The molecule has 1 atom stereocenters. The Hall–Kier alpha value is -1.33. The summed E-state index contributed by atoms with van der Waals surface area (Å²) in [5.74, 6) is 1.59. The molecule has 2 bridgehead atoms. The molecule has 5 nitrogen and oxygen atoms in total. The Kier molecular flexibility index (Phi) is 2.89. The Bertz CT molecular complexity index is 579. The first-order valence-corrected chi connectivity index (χ1v) is 8.55. The number of nitrogens with zero attached hydrogens (tertiary/aromatic N) is 3. The molecule has 0 N–H and O–H groups in total. The monoisotopic (exact) mass is 301 g/mol. The number of anilines is 1. The number of hydrogen-bond acceptors (Lipinski definition) is 5. The molecule has 6 rings (SSSR count). The third-order valence-electron chi connectivity index (χ3n) is 5.90.